The number of nitrogens with one attached hydrogen (secondary N) is 1. The zero-order chi connectivity index (χ0) is 24.8. The number of carbonyl (C=O) groups excluding carboxylic acids is 1. The van der Waals surface area contributed by atoms with Gasteiger partial charge in [-0.1, -0.05) is 6.07 Å². The summed E-state index contributed by atoms with van der Waals surface area (Å²) in [5, 5.41) is 22.9. The number of aryl methyl sites for hydroxylation is 1. The van der Waals surface area contributed by atoms with Crippen molar-refractivity contribution < 1.29 is 33.8 Å². The average Bonchev–Trinajstić information content (AvgIpc) is 2.70. The van der Waals surface area contributed by atoms with Crippen LogP contribution < -0.4 is 14.8 Å². The molecule has 0 radical (unpaired) electrons. The van der Waals surface area contributed by atoms with Crippen LogP contribution in [0.4, 0.5) is 10.5 Å². The third-order valence-electron chi connectivity index (χ3n) is 4.53. The zero-order valence-electron chi connectivity index (χ0n) is 19.2. The van der Waals surface area contributed by atoms with Gasteiger partial charge >= 0.3 is 12.1 Å². The number of aliphatic carboxylic acids is 1. The molecule has 0 aliphatic rings. The molecule has 2 aromatic carbocycles. The number of carboxylic acids is 1. The Kier molecular flexibility index (Phi) is 8.22. The quantitative estimate of drug-likeness (QED) is 0.423. The lowest BCUT2D eigenvalue weighted by molar-refractivity contribution is -0.385. The van der Waals surface area contributed by atoms with Gasteiger partial charge in [0.2, 0.25) is 0 Å². The lowest BCUT2D eigenvalue weighted by Gasteiger charge is -2.22. The van der Waals surface area contributed by atoms with Gasteiger partial charge in [0.25, 0.3) is 5.69 Å². The highest BCUT2D eigenvalue weighted by molar-refractivity contribution is 5.80. The van der Waals surface area contributed by atoms with Gasteiger partial charge in [0.15, 0.2) is 0 Å². The number of benzene rings is 2. The van der Waals surface area contributed by atoms with Crippen molar-refractivity contribution in [2.24, 2.45) is 0 Å². The van der Waals surface area contributed by atoms with Gasteiger partial charge in [0, 0.05) is 23.6 Å². The second kappa shape index (κ2) is 10.7. The molecule has 178 valence electrons. The number of alkyl carbamates (subject to hydrolysis) is 1. The van der Waals surface area contributed by atoms with Crippen molar-refractivity contribution in [3.05, 3.63) is 63.2 Å². The molecule has 0 fully saturated rings. The van der Waals surface area contributed by atoms with Crippen LogP contribution in [0, 0.1) is 17.0 Å². The summed E-state index contributed by atoms with van der Waals surface area (Å²) >= 11 is 0. The Hall–Kier alpha value is -3.82. The number of ether oxygens (including phenoxy) is 3. The normalized spacial score (nSPS) is 11.9. The molecule has 0 heterocycles. The number of amides is 1. The summed E-state index contributed by atoms with van der Waals surface area (Å²) in [7, 11) is 1.50. The number of nitrogens with zero attached hydrogens (tertiary/aromatic N) is 1. The molecule has 0 spiro atoms. The van der Waals surface area contributed by atoms with Crippen LogP contribution >= 0.6 is 0 Å². The first-order valence-electron chi connectivity index (χ1n) is 10.2. The summed E-state index contributed by atoms with van der Waals surface area (Å²) in [6.45, 7) is 6.76. The van der Waals surface area contributed by atoms with Crippen LogP contribution in [0.1, 0.15) is 37.5 Å². The third-order valence-corrected chi connectivity index (χ3v) is 4.53. The molecule has 0 saturated heterocycles. The molecular formula is C23H28N2O8. The molecule has 0 aliphatic carbocycles. The molecule has 33 heavy (non-hydrogen) atoms. The van der Waals surface area contributed by atoms with Crippen molar-refractivity contribution in [1.82, 2.24) is 5.32 Å². The van der Waals surface area contributed by atoms with E-state index in [0.717, 1.165) is 0 Å². The van der Waals surface area contributed by atoms with Crippen molar-refractivity contribution in [3.8, 4) is 11.5 Å². The molecule has 10 heteroatoms. The molecule has 1 unspecified atom stereocenters. The van der Waals surface area contributed by atoms with Crippen LogP contribution in [-0.4, -0.2) is 40.8 Å². The summed E-state index contributed by atoms with van der Waals surface area (Å²) in [4.78, 5) is 34.2. The fourth-order valence-electron chi connectivity index (χ4n) is 3.04. The minimum absolute atomic E-state index is 0.000808. The van der Waals surface area contributed by atoms with Crippen LogP contribution in [0.15, 0.2) is 36.4 Å². The van der Waals surface area contributed by atoms with E-state index in [-0.39, 0.29) is 18.7 Å². The summed E-state index contributed by atoms with van der Waals surface area (Å²) in [5.41, 5.74) is 0.994. The number of nitro benzene ring substituents is 1. The molecule has 0 aliphatic heterocycles. The Morgan fingerprint density at radius 1 is 1.18 bits per heavy atom. The molecule has 2 aromatic rings. The SMILES string of the molecule is COc1ccc(CC(NC(=O)OC(C)(C)C)C(=O)O)cc1COc1ccc([N+](=O)[O-])c(C)c1. The standard InChI is InChI=1S/C23H28N2O8/c1-14-10-17(7-8-19(14)25(29)30)32-13-16-11-15(6-9-20(16)31-5)12-18(21(26)27)24-22(28)33-23(2,3)4/h6-11,18H,12-13H2,1-5H3,(H,24,28)(H,26,27). The van der Waals surface area contributed by atoms with Crippen LogP contribution in [0.3, 0.4) is 0 Å². The minimum atomic E-state index is -1.20. The van der Waals surface area contributed by atoms with Crippen LogP contribution in [0.25, 0.3) is 0 Å². The molecule has 0 saturated carbocycles. The summed E-state index contributed by atoms with van der Waals surface area (Å²) in [6.07, 6.45) is -0.803. The van der Waals surface area contributed by atoms with Crippen molar-refractivity contribution in [2.45, 2.75) is 52.4 Å². The van der Waals surface area contributed by atoms with Gasteiger partial charge in [0.05, 0.1) is 12.0 Å². The fourth-order valence-corrected chi connectivity index (χ4v) is 3.04. The summed E-state index contributed by atoms with van der Waals surface area (Å²) in [5.74, 6) is -0.222. The molecule has 2 rings (SSSR count). The Morgan fingerprint density at radius 2 is 1.88 bits per heavy atom. The van der Waals surface area contributed by atoms with Gasteiger partial charge in [-0.2, -0.15) is 0 Å². The Morgan fingerprint density at radius 3 is 2.42 bits per heavy atom. The van der Waals surface area contributed by atoms with Gasteiger partial charge in [0.1, 0.15) is 29.7 Å². The van der Waals surface area contributed by atoms with E-state index in [1.807, 2.05) is 0 Å². The van der Waals surface area contributed by atoms with Crippen LogP contribution in [0.5, 0.6) is 11.5 Å². The molecule has 2 N–H and O–H groups in total. The van der Waals surface area contributed by atoms with Crippen LogP contribution in [0.2, 0.25) is 0 Å². The van der Waals surface area contributed by atoms with E-state index >= 15 is 0 Å². The average molecular weight is 460 g/mol. The van der Waals surface area contributed by atoms with Crippen molar-refractivity contribution in [1.29, 1.82) is 0 Å². The van der Waals surface area contributed by atoms with E-state index in [1.54, 1.807) is 52.0 Å². The maximum Gasteiger partial charge on any atom is 0.408 e. The van der Waals surface area contributed by atoms with Gasteiger partial charge in [-0.3, -0.25) is 10.1 Å². The van der Waals surface area contributed by atoms with Gasteiger partial charge in [-0.05, 0) is 57.5 Å². The van der Waals surface area contributed by atoms with Gasteiger partial charge in [-0.25, -0.2) is 9.59 Å². The fraction of sp³-hybridized carbons (Fsp3) is 0.391. The maximum absolute atomic E-state index is 12.0. The number of nitro groups is 1. The highest BCUT2D eigenvalue weighted by Crippen LogP contribution is 2.26. The van der Waals surface area contributed by atoms with E-state index in [0.29, 0.717) is 28.2 Å². The predicted octanol–water partition coefficient (Wildman–Crippen LogP) is 4.01. The third kappa shape index (κ3) is 7.67. The lowest BCUT2D eigenvalue weighted by atomic mass is 10.0. The minimum Gasteiger partial charge on any atom is -0.496 e. The summed E-state index contributed by atoms with van der Waals surface area (Å²) < 4.78 is 16.3. The monoisotopic (exact) mass is 460 g/mol. The number of rotatable bonds is 9. The molecule has 1 atom stereocenters. The zero-order valence-corrected chi connectivity index (χ0v) is 19.2. The van der Waals surface area contributed by atoms with Crippen molar-refractivity contribution in [3.63, 3.8) is 0 Å². The van der Waals surface area contributed by atoms with Crippen LogP contribution in [-0.2, 0) is 22.6 Å². The van der Waals surface area contributed by atoms with Gasteiger partial charge < -0.3 is 24.6 Å². The number of hydrogen-bond acceptors (Lipinski definition) is 7. The first-order valence-corrected chi connectivity index (χ1v) is 10.2. The second-order valence-corrected chi connectivity index (χ2v) is 8.38. The highest BCUT2D eigenvalue weighted by Gasteiger charge is 2.24. The largest absolute Gasteiger partial charge is 0.496 e. The van der Waals surface area contributed by atoms with Crippen molar-refractivity contribution >= 4 is 17.7 Å². The van der Waals surface area contributed by atoms with E-state index in [2.05, 4.69) is 5.32 Å². The second-order valence-electron chi connectivity index (χ2n) is 8.38. The number of methoxy groups -OCH3 is 1. The number of carboxylic acid groups (broad SMARTS) is 1. The predicted molar refractivity (Wildman–Crippen MR) is 120 cm³/mol. The maximum atomic E-state index is 12.0. The molecule has 10 nitrogen and oxygen atoms in total. The molecule has 0 aromatic heterocycles. The van der Waals surface area contributed by atoms with Gasteiger partial charge in [-0.15, -0.1) is 0 Å². The first kappa shape index (κ1) is 25.4. The topological polar surface area (TPSA) is 137 Å². The molecular weight excluding hydrogens is 432 g/mol. The Bertz CT molecular complexity index is 1030. The number of carbonyl (C=O) groups is 2. The lowest BCUT2D eigenvalue weighted by Crippen LogP contribution is -2.44. The Balaban J connectivity index is 2.15. The number of hydrogen-bond donors (Lipinski definition) is 2. The summed E-state index contributed by atoms with van der Waals surface area (Å²) in [6, 6.07) is 8.36. The van der Waals surface area contributed by atoms with E-state index in [1.165, 1.54) is 19.2 Å². The van der Waals surface area contributed by atoms with E-state index in [9.17, 15) is 24.8 Å². The first-order chi connectivity index (χ1) is 15.4. The highest BCUT2D eigenvalue weighted by atomic mass is 16.6. The van der Waals surface area contributed by atoms with Crippen molar-refractivity contribution in [2.75, 3.05) is 7.11 Å². The van der Waals surface area contributed by atoms with E-state index in [4.69, 9.17) is 14.2 Å². The molecule has 1 amide bonds. The smallest absolute Gasteiger partial charge is 0.408 e. The Labute approximate surface area is 191 Å². The van der Waals surface area contributed by atoms with E-state index < -0.39 is 28.6 Å². The molecule has 0 bridgehead atoms.